The molecule has 0 saturated heterocycles. The number of hydrogen-bond donors (Lipinski definition) is 0. The molecule has 0 aliphatic heterocycles. The molecular weight excluding hydrogens is 230 g/mol. The van der Waals surface area contributed by atoms with Crippen LogP contribution >= 0.6 is 22.9 Å². The van der Waals surface area contributed by atoms with Crippen LogP contribution in [0.2, 0.25) is 5.02 Å². The number of benzene rings is 1. The summed E-state index contributed by atoms with van der Waals surface area (Å²) in [6.07, 6.45) is 0. The largest absolute Gasteiger partial charge is 0.307 e. The van der Waals surface area contributed by atoms with Crippen LogP contribution in [0.4, 0.5) is 0 Å². The van der Waals surface area contributed by atoms with Crippen molar-refractivity contribution in [2.45, 2.75) is 13.5 Å². The molecule has 1 aromatic heterocycles. The predicted octanol–water partition coefficient (Wildman–Crippen LogP) is 2.92. The Hall–Kier alpha value is -1.06. The van der Waals surface area contributed by atoms with Crippen molar-refractivity contribution in [1.82, 2.24) is 4.57 Å². The van der Waals surface area contributed by atoms with Gasteiger partial charge in [-0.1, -0.05) is 35.1 Å². The molecule has 0 atom stereocenters. The number of aromatic nitrogens is 1. The highest BCUT2D eigenvalue weighted by Gasteiger charge is 2.02. The molecule has 2 nitrogen and oxygen atoms in total. The van der Waals surface area contributed by atoms with Crippen molar-refractivity contribution < 1.29 is 0 Å². The number of nitrogens with zero attached hydrogens (tertiary/aromatic N) is 1. The second-order valence-electron chi connectivity index (χ2n) is 3.36. The third kappa shape index (κ3) is 2.30. The third-order valence-corrected chi connectivity index (χ3v) is 3.36. The molecular formula is C11H10ClNOS. The number of aryl methyl sites for hydroxylation is 1. The lowest BCUT2D eigenvalue weighted by atomic mass is 10.2. The zero-order valence-corrected chi connectivity index (χ0v) is 9.81. The Morgan fingerprint density at radius 2 is 2.00 bits per heavy atom. The maximum absolute atomic E-state index is 11.5. The molecule has 2 aromatic rings. The minimum Gasteiger partial charge on any atom is -0.299 e. The molecule has 2 rings (SSSR count). The minimum atomic E-state index is 0.0856. The van der Waals surface area contributed by atoms with Gasteiger partial charge in [0.15, 0.2) is 0 Å². The highest BCUT2D eigenvalue weighted by Crippen LogP contribution is 2.11. The molecule has 0 saturated carbocycles. The van der Waals surface area contributed by atoms with Gasteiger partial charge in [-0.05, 0) is 24.6 Å². The lowest BCUT2D eigenvalue weighted by molar-refractivity contribution is 0.755. The van der Waals surface area contributed by atoms with Crippen LogP contribution in [0.5, 0.6) is 0 Å². The van der Waals surface area contributed by atoms with E-state index in [1.165, 1.54) is 11.3 Å². The second-order valence-corrected chi connectivity index (χ2v) is 4.61. The zero-order chi connectivity index (χ0) is 10.8. The van der Waals surface area contributed by atoms with Gasteiger partial charge in [0, 0.05) is 16.1 Å². The number of hydrogen-bond acceptors (Lipinski definition) is 2. The van der Waals surface area contributed by atoms with Crippen LogP contribution in [0.3, 0.4) is 0 Å². The lowest BCUT2D eigenvalue weighted by Crippen LogP contribution is -2.15. The highest BCUT2D eigenvalue weighted by molar-refractivity contribution is 7.07. The zero-order valence-electron chi connectivity index (χ0n) is 8.24. The summed E-state index contributed by atoms with van der Waals surface area (Å²) < 4.78 is 1.76. The van der Waals surface area contributed by atoms with Gasteiger partial charge in [-0.25, -0.2) is 0 Å². The first-order chi connectivity index (χ1) is 7.16. The summed E-state index contributed by atoms with van der Waals surface area (Å²) in [6.45, 7) is 2.55. The average Bonchev–Trinajstić information content (AvgIpc) is 2.53. The second kappa shape index (κ2) is 4.21. The third-order valence-electron chi connectivity index (χ3n) is 2.23. The summed E-state index contributed by atoms with van der Waals surface area (Å²) in [5.41, 5.74) is 2.09. The highest BCUT2D eigenvalue weighted by atomic mass is 35.5. The summed E-state index contributed by atoms with van der Waals surface area (Å²) in [7, 11) is 0. The first-order valence-electron chi connectivity index (χ1n) is 4.56. The molecule has 4 heteroatoms. The van der Waals surface area contributed by atoms with E-state index in [1.807, 2.05) is 36.6 Å². The van der Waals surface area contributed by atoms with E-state index >= 15 is 0 Å². The van der Waals surface area contributed by atoms with E-state index in [0.717, 1.165) is 11.3 Å². The normalized spacial score (nSPS) is 10.5. The molecule has 0 spiro atoms. The first-order valence-corrected chi connectivity index (χ1v) is 5.82. The molecule has 1 aromatic carbocycles. The Morgan fingerprint density at radius 1 is 1.33 bits per heavy atom. The minimum absolute atomic E-state index is 0.0856. The van der Waals surface area contributed by atoms with Crippen LogP contribution in [0, 0.1) is 6.92 Å². The lowest BCUT2D eigenvalue weighted by Gasteiger charge is -2.04. The van der Waals surface area contributed by atoms with E-state index in [1.54, 1.807) is 4.57 Å². The first kappa shape index (κ1) is 10.5. The van der Waals surface area contributed by atoms with Crippen molar-refractivity contribution in [3.05, 3.63) is 55.6 Å². The van der Waals surface area contributed by atoms with Gasteiger partial charge in [-0.2, -0.15) is 0 Å². The van der Waals surface area contributed by atoms with Crippen molar-refractivity contribution in [2.75, 3.05) is 0 Å². The molecule has 1 heterocycles. The molecule has 0 aliphatic carbocycles. The van der Waals surface area contributed by atoms with Crippen LogP contribution < -0.4 is 4.87 Å². The monoisotopic (exact) mass is 239 g/mol. The maximum atomic E-state index is 11.5. The molecule has 0 bridgehead atoms. The maximum Gasteiger partial charge on any atom is 0.307 e. The summed E-state index contributed by atoms with van der Waals surface area (Å²) in [5, 5.41) is 2.59. The van der Waals surface area contributed by atoms with Gasteiger partial charge in [0.25, 0.3) is 0 Å². The molecule has 78 valence electrons. The van der Waals surface area contributed by atoms with Crippen LogP contribution in [0.15, 0.2) is 34.4 Å². The Balaban J connectivity index is 2.29. The van der Waals surface area contributed by atoms with Gasteiger partial charge in [0.1, 0.15) is 0 Å². The summed E-state index contributed by atoms with van der Waals surface area (Å²) in [6, 6.07) is 7.55. The van der Waals surface area contributed by atoms with Crippen LogP contribution in [0.25, 0.3) is 0 Å². The molecule has 0 radical (unpaired) electrons. The van der Waals surface area contributed by atoms with Crippen molar-refractivity contribution in [1.29, 1.82) is 0 Å². The number of rotatable bonds is 2. The van der Waals surface area contributed by atoms with Crippen molar-refractivity contribution >= 4 is 22.9 Å². The topological polar surface area (TPSA) is 22.0 Å². The molecule has 0 fully saturated rings. The Labute approximate surface area is 96.8 Å². The van der Waals surface area contributed by atoms with E-state index in [9.17, 15) is 4.79 Å². The van der Waals surface area contributed by atoms with Gasteiger partial charge in [0.2, 0.25) is 0 Å². The Bertz CT molecular complexity index is 512. The van der Waals surface area contributed by atoms with Crippen LogP contribution in [0.1, 0.15) is 11.3 Å². The number of halogens is 1. The van der Waals surface area contributed by atoms with E-state index in [-0.39, 0.29) is 4.87 Å². The average molecular weight is 240 g/mol. The molecule has 0 aliphatic rings. The Kier molecular flexibility index (Phi) is 2.93. The fraction of sp³-hybridized carbons (Fsp3) is 0.182. The standard InChI is InChI=1S/C11H10ClNOS/c1-8-7-15-11(14)13(8)6-9-2-4-10(12)5-3-9/h2-5,7H,6H2,1H3. The summed E-state index contributed by atoms with van der Waals surface area (Å²) in [4.78, 5) is 11.6. The van der Waals surface area contributed by atoms with Gasteiger partial charge in [-0.15, -0.1) is 0 Å². The molecule has 0 N–H and O–H groups in total. The van der Waals surface area contributed by atoms with E-state index in [4.69, 9.17) is 11.6 Å². The van der Waals surface area contributed by atoms with Gasteiger partial charge in [0.05, 0.1) is 6.54 Å². The van der Waals surface area contributed by atoms with E-state index in [0.29, 0.717) is 11.6 Å². The van der Waals surface area contributed by atoms with E-state index < -0.39 is 0 Å². The van der Waals surface area contributed by atoms with Crippen molar-refractivity contribution in [2.24, 2.45) is 0 Å². The Morgan fingerprint density at radius 3 is 2.53 bits per heavy atom. The fourth-order valence-electron chi connectivity index (χ4n) is 1.37. The SMILES string of the molecule is Cc1csc(=O)n1Cc1ccc(Cl)cc1. The van der Waals surface area contributed by atoms with Crippen molar-refractivity contribution in [3.63, 3.8) is 0 Å². The molecule has 0 amide bonds. The molecule has 15 heavy (non-hydrogen) atoms. The molecule has 0 unspecified atom stereocenters. The number of thiazole rings is 1. The summed E-state index contributed by atoms with van der Waals surface area (Å²) in [5.74, 6) is 0. The summed E-state index contributed by atoms with van der Waals surface area (Å²) >= 11 is 7.02. The van der Waals surface area contributed by atoms with Gasteiger partial charge in [-0.3, -0.25) is 9.36 Å². The van der Waals surface area contributed by atoms with Crippen LogP contribution in [-0.4, -0.2) is 4.57 Å². The van der Waals surface area contributed by atoms with Crippen LogP contribution in [-0.2, 0) is 6.54 Å². The van der Waals surface area contributed by atoms with E-state index in [2.05, 4.69) is 0 Å². The quantitative estimate of drug-likeness (QED) is 0.790. The fourth-order valence-corrected chi connectivity index (χ4v) is 2.23. The smallest absolute Gasteiger partial charge is 0.299 e. The van der Waals surface area contributed by atoms with Crippen molar-refractivity contribution in [3.8, 4) is 0 Å². The van der Waals surface area contributed by atoms with Gasteiger partial charge >= 0.3 is 4.87 Å². The van der Waals surface area contributed by atoms with Gasteiger partial charge < -0.3 is 0 Å². The predicted molar refractivity (Wildman–Crippen MR) is 63.9 cm³/mol.